The highest BCUT2D eigenvalue weighted by Gasteiger charge is 2.51. The third-order valence-electron chi connectivity index (χ3n) is 5.46. The van der Waals surface area contributed by atoms with E-state index in [1.54, 1.807) is 0 Å². The highest BCUT2D eigenvalue weighted by atomic mass is 16.2. The third kappa shape index (κ3) is 3.89. The number of carbonyl (C=O) groups is 3. The Morgan fingerprint density at radius 2 is 1.92 bits per heavy atom. The molecule has 0 aromatic heterocycles. The number of carbonyl (C=O) groups excluding carboxylic acids is 3. The van der Waals surface area contributed by atoms with Crippen LogP contribution in [0, 0.1) is 0 Å². The van der Waals surface area contributed by atoms with E-state index < -0.39 is 5.54 Å². The number of nitrogens with one attached hydrogen (secondary N) is 2. The first-order chi connectivity index (χ1) is 12.5. The molecule has 0 radical (unpaired) electrons. The zero-order valence-electron chi connectivity index (χ0n) is 15.3. The van der Waals surface area contributed by atoms with Gasteiger partial charge >= 0.3 is 6.03 Å². The van der Waals surface area contributed by atoms with Gasteiger partial charge in [0.1, 0.15) is 5.54 Å². The molecule has 1 aromatic rings. The standard InChI is InChI=1S/C20H27N3O3/c1-15(16-8-3-2-4-9-16)14-21-17(24)10-7-13-23-18(25)20(22-19(23)26)11-5-6-12-20/h2-4,8-9,15H,5-7,10-14H2,1H3,(H,21,24)(H,22,26). The fourth-order valence-electron chi connectivity index (χ4n) is 3.85. The van der Waals surface area contributed by atoms with Crippen LogP contribution in [0.5, 0.6) is 0 Å². The van der Waals surface area contributed by atoms with Crippen molar-refractivity contribution in [2.75, 3.05) is 13.1 Å². The van der Waals surface area contributed by atoms with Crippen molar-refractivity contribution in [1.29, 1.82) is 0 Å². The number of benzene rings is 1. The number of hydrogen-bond donors (Lipinski definition) is 2. The molecule has 1 aliphatic carbocycles. The summed E-state index contributed by atoms with van der Waals surface area (Å²) in [7, 11) is 0. The Balaban J connectivity index is 1.40. The maximum atomic E-state index is 12.5. The third-order valence-corrected chi connectivity index (χ3v) is 5.46. The zero-order valence-corrected chi connectivity index (χ0v) is 15.3. The molecule has 1 spiro atoms. The Morgan fingerprint density at radius 1 is 1.23 bits per heavy atom. The van der Waals surface area contributed by atoms with Crippen LogP contribution in [0.15, 0.2) is 30.3 Å². The van der Waals surface area contributed by atoms with E-state index in [4.69, 9.17) is 0 Å². The number of nitrogens with zero attached hydrogens (tertiary/aromatic N) is 1. The number of imide groups is 1. The average Bonchev–Trinajstić information content (AvgIpc) is 3.21. The molecule has 1 aliphatic heterocycles. The summed E-state index contributed by atoms with van der Waals surface area (Å²) >= 11 is 0. The van der Waals surface area contributed by atoms with Crippen LogP contribution in [-0.2, 0) is 9.59 Å². The molecule has 1 aromatic carbocycles. The topological polar surface area (TPSA) is 78.5 Å². The highest BCUT2D eigenvalue weighted by Crippen LogP contribution is 2.35. The minimum absolute atomic E-state index is 0.0459. The van der Waals surface area contributed by atoms with Gasteiger partial charge < -0.3 is 10.6 Å². The van der Waals surface area contributed by atoms with Crippen molar-refractivity contribution in [2.24, 2.45) is 0 Å². The van der Waals surface area contributed by atoms with Gasteiger partial charge in [-0.3, -0.25) is 14.5 Å². The largest absolute Gasteiger partial charge is 0.356 e. The molecule has 2 fully saturated rings. The van der Waals surface area contributed by atoms with E-state index in [9.17, 15) is 14.4 Å². The first kappa shape index (κ1) is 18.4. The molecule has 2 N–H and O–H groups in total. The number of urea groups is 1. The Bertz CT molecular complexity index is 668. The van der Waals surface area contributed by atoms with Crippen LogP contribution >= 0.6 is 0 Å². The fraction of sp³-hybridized carbons (Fsp3) is 0.550. The van der Waals surface area contributed by atoms with Gasteiger partial charge in [-0.25, -0.2) is 4.79 Å². The quantitative estimate of drug-likeness (QED) is 0.736. The lowest BCUT2D eigenvalue weighted by molar-refractivity contribution is -0.131. The first-order valence-corrected chi connectivity index (χ1v) is 9.47. The van der Waals surface area contributed by atoms with E-state index in [1.165, 1.54) is 10.5 Å². The van der Waals surface area contributed by atoms with E-state index in [0.717, 1.165) is 25.7 Å². The lowest BCUT2D eigenvalue weighted by atomic mass is 9.98. The molecule has 140 valence electrons. The average molecular weight is 357 g/mol. The number of rotatable bonds is 7. The van der Waals surface area contributed by atoms with Gasteiger partial charge in [0.25, 0.3) is 5.91 Å². The second-order valence-electron chi connectivity index (χ2n) is 7.40. The molecule has 4 amide bonds. The van der Waals surface area contributed by atoms with Gasteiger partial charge in [-0.15, -0.1) is 0 Å². The summed E-state index contributed by atoms with van der Waals surface area (Å²) in [6, 6.07) is 9.74. The molecule has 1 atom stereocenters. The van der Waals surface area contributed by atoms with Gasteiger partial charge in [0.15, 0.2) is 0 Å². The Hall–Kier alpha value is -2.37. The predicted molar refractivity (Wildman–Crippen MR) is 98.5 cm³/mol. The molecular formula is C20H27N3O3. The summed E-state index contributed by atoms with van der Waals surface area (Å²) < 4.78 is 0. The van der Waals surface area contributed by atoms with Gasteiger partial charge in [-0.1, -0.05) is 50.1 Å². The van der Waals surface area contributed by atoms with Crippen LogP contribution in [0.25, 0.3) is 0 Å². The van der Waals surface area contributed by atoms with E-state index in [0.29, 0.717) is 25.9 Å². The monoisotopic (exact) mass is 357 g/mol. The Labute approximate surface area is 154 Å². The predicted octanol–water partition coefficient (Wildman–Crippen LogP) is 2.55. The first-order valence-electron chi connectivity index (χ1n) is 9.47. The van der Waals surface area contributed by atoms with Crippen LogP contribution in [0.2, 0.25) is 0 Å². The lowest BCUT2D eigenvalue weighted by Crippen LogP contribution is -2.44. The van der Waals surface area contributed by atoms with Crippen molar-refractivity contribution < 1.29 is 14.4 Å². The summed E-state index contributed by atoms with van der Waals surface area (Å²) in [5.74, 6) is 0.0850. The second-order valence-corrected chi connectivity index (χ2v) is 7.40. The van der Waals surface area contributed by atoms with Crippen molar-refractivity contribution >= 4 is 17.8 Å². The smallest absolute Gasteiger partial charge is 0.325 e. The summed E-state index contributed by atoms with van der Waals surface area (Å²) in [6.07, 6.45) is 4.20. The van der Waals surface area contributed by atoms with Gasteiger partial charge in [-0.05, 0) is 30.7 Å². The molecular weight excluding hydrogens is 330 g/mol. The zero-order chi connectivity index (χ0) is 18.6. The highest BCUT2D eigenvalue weighted by molar-refractivity contribution is 6.07. The Kier molecular flexibility index (Phi) is 5.59. The summed E-state index contributed by atoms with van der Waals surface area (Å²) in [4.78, 5) is 37.9. The van der Waals surface area contributed by atoms with Crippen LogP contribution in [0.1, 0.15) is 56.9 Å². The molecule has 1 unspecified atom stereocenters. The SMILES string of the molecule is CC(CNC(=O)CCCN1C(=O)NC2(CCCC2)C1=O)c1ccccc1. The molecule has 1 saturated heterocycles. The normalized spacial score (nSPS) is 19.7. The van der Waals surface area contributed by atoms with E-state index >= 15 is 0 Å². The molecule has 0 bridgehead atoms. The molecule has 1 saturated carbocycles. The van der Waals surface area contributed by atoms with Gasteiger partial charge in [0, 0.05) is 19.5 Å². The minimum Gasteiger partial charge on any atom is -0.356 e. The number of hydrogen-bond acceptors (Lipinski definition) is 3. The van der Waals surface area contributed by atoms with E-state index in [-0.39, 0.29) is 23.8 Å². The van der Waals surface area contributed by atoms with Crippen LogP contribution < -0.4 is 10.6 Å². The molecule has 2 aliphatic rings. The van der Waals surface area contributed by atoms with Crippen molar-refractivity contribution in [2.45, 2.75) is 56.9 Å². The van der Waals surface area contributed by atoms with Crippen molar-refractivity contribution in [3.05, 3.63) is 35.9 Å². The van der Waals surface area contributed by atoms with Gasteiger partial charge in [0.2, 0.25) is 5.91 Å². The fourth-order valence-corrected chi connectivity index (χ4v) is 3.85. The molecule has 26 heavy (non-hydrogen) atoms. The molecule has 3 rings (SSSR count). The van der Waals surface area contributed by atoms with Crippen LogP contribution in [0.4, 0.5) is 4.79 Å². The maximum absolute atomic E-state index is 12.5. The minimum atomic E-state index is -0.662. The lowest BCUT2D eigenvalue weighted by Gasteiger charge is -2.20. The van der Waals surface area contributed by atoms with E-state index in [1.807, 2.05) is 30.3 Å². The Morgan fingerprint density at radius 3 is 2.62 bits per heavy atom. The second kappa shape index (κ2) is 7.89. The van der Waals surface area contributed by atoms with Crippen molar-refractivity contribution in [3.63, 3.8) is 0 Å². The van der Waals surface area contributed by atoms with Gasteiger partial charge in [0.05, 0.1) is 0 Å². The van der Waals surface area contributed by atoms with Crippen molar-refractivity contribution in [1.82, 2.24) is 15.5 Å². The molecule has 6 nitrogen and oxygen atoms in total. The van der Waals surface area contributed by atoms with Gasteiger partial charge in [-0.2, -0.15) is 0 Å². The molecule has 1 heterocycles. The van der Waals surface area contributed by atoms with Crippen LogP contribution in [0.3, 0.4) is 0 Å². The maximum Gasteiger partial charge on any atom is 0.325 e. The molecule has 6 heteroatoms. The number of amides is 4. The van der Waals surface area contributed by atoms with Crippen LogP contribution in [-0.4, -0.2) is 41.4 Å². The summed E-state index contributed by atoms with van der Waals surface area (Å²) in [5, 5.41) is 5.80. The summed E-state index contributed by atoms with van der Waals surface area (Å²) in [5.41, 5.74) is 0.527. The van der Waals surface area contributed by atoms with E-state index in [2.05, 4.69) is 17.6 Å². The van der Waals surface area contributed by atoms with Crippen molar-refractivity contribution in [3.8, 4) is 0 Å². The summed E-state index contributed by atoms with van der Waals surface area (Å²) in [6.45, 7) is 2.95.